The predicted octanol–water partition coefficient (Wildman–Crippen LogP) is 4.78. The first-order chi connectivity index (χ1) is 16.3. The molecule has 1 fully saturated rings. The van der Waals surface area contributed by atoms with E-state index in [9.17, 15) is 16.8 Å². The van der Waals surface area contributed by atoms with E-state index in [1.54, 1.807) is 16.3 Å². The topological polar surface area (TPSA) is 123 Å². The smallest absolute Gasteiger partial charge is 0.265 e. The van der Waals surface area contributed by atoms with Gasteiger partial charge in [-0.1, -0.05) is 18.9 Å². The largest absolute Gasteiger partial charge is 0.280 e. The van der Waals surface area contributed by atoms with Crippen LogP contribution >= 0.6 is 22.7 Å². The number of aromatic nitrogens is 3. The molecule has 1 aliphatic rings. The third-order valence-corrected chi connectivity index (χ3v) is 9.94. The van der Waals surface area contributed by atoms with Crippen LogP contribution in [0, 0.1) is 0 Å². The molecule has 9 nitrogen and oxygen atoms in total. The summed E-state index contributed by atoms with van der Waals surface area (Å²) < 4.78 is 58.5. The lowest BCUT2D eigenvalue weighted by molar-refractivity contribution is 0.467. The molecule has 0 radical (unpaired) electrons. The Labute approximate surface area is 205 Å². The van der Waals surface area contributed by atoms with E-state index in [4.69, 9.17) is 0 Å². The summed E-state index contributed by atoms with van der Waals surface area (Å²) in [4.78, 5) is 4.79. The second-order valence-corrected chi connectivity index (χ2v) is 13.0. The quantitative estimate of drug-likeness (QED) is 0.335. The van der Waals surface area contributed by atoms with Crippen molar-refractivity contribution in [3.8, 4) is 10.6 Å². The Bertz CT molecular complexity index is 1470. The highest BCUT2D eigenvalue weighted by Crippen LogP contribution is 2.35. The molecule has 0 bridgehead atoms. The highest BCUT2D eigenvalue weighted by molar-refractivity contribution is 7.93. The average Bonchev–Trinajstić information content (AvgIpc) is 3.61. The predicted molar refractivity (Wildman–Crippen MR) is 133 cm³/mol. The van der Waals surface area contributed by atoms with Gasteiger partial charge in [-0.2, -0.15) is 5.10 Å². The minimum atomic E-state index is -3.97. The lowest BCUT2D eigenvalue weighted by Gasteiger charge is -2.10. The van der Waals surface area contributed by atoms with Crippen LogP contribution in [0.25, 0.3) is 10.6 Å². The lowest BCUT2D eigenvalue weighted by Crippen LogP contribution is -2.15. The standard InChI is InChI=1S/C21H21N5O4S4/c27-33(28,25-21-22-11-13-32-21)17-9-7-15(8-10-17)24-34(29,30)19-14-26(16-4-1-2-5-16)23-20(19)18-6-3-12-31-18/h3,6-14,16,24H,1-2,4-5H2,(H,22,25). The maximum absolute atomic E-state index is 13.3. The van der Waals surface area contributed by atoms with Crippen molar-refractivity contribution in [1.82, 2.24) is 14.8 Å². The van der Waals surface area contributed by atoms with Gasteiger partial charge in [-0.3, -0.25) is 14.1 Å². The van der Waals surface area contributed by atoms with Crippen molar-refractivity contribution >= 4 is 53.5 Å². The van der Waals surface area contributed by atoms with Gasteiger partial charge in [0.15, 0.2) is 5.13 Å². The molecule has 0 atom stereocenters. The normalized spacial score (nSPS) is 14.9. The van der Waals surface area contributed by atoms with Gasteiger partial charge in [-0.25, -0.2) is 21.8 Å². The van der Waals surface area contributed by atoms with Crippen LogP contribution in [0.2, 0.25) is 0 Å². The molecular formula is C21H21N5O4S4. The summed E-state index contributed by atoms with van der Waals surface area (Å²) in [5.41, 5.74) is 0.667. The molecule has 0 spiro atoms. The molecule has 0 aliphatic heterocycles. The number of nitrogens with one attached hydrogen (secondary N) is 2. The number of hydrogen-bond acceptors (Lipinski definition) is 8. The molecule has 2 N–H and O–H groups in total. The van der Waals surface area contributed by atoms with E-state index in [2.05, 4.69) is 19.5 Å². The van der Waals surface area contributed by atoms with Crippen LogP contribution in [-0.4, -0.2) is 31.6 Å². The highest BCUT2D eigenvalue weighted by atomic mass is 32.2. The van der Waals surface area contributed by atoms with Crippen LogP contribution in [0.5, 0.6) is 0 Å². The third kappa shape index (κ3) is 4.73. The maximum atomic E-state index is 13.3. The Morgan fingerprint density at radius 2 is 1.68 bits per heavy atom. The van der Waals surface area contributed by atoms with Gasteiger partial charge in [0.2, 0.25) is 0 Å². The van der Waals surface area contributed by atoms with Gasteiger partial charge in [0.1, 0.15) is 10.6 Å². The van der Waals surface area contributed by atoms with E-state index in [0.29, 0.717) is 5.69 Å². The van der Waals surface area contributed by atoms with E-state index < -0.39 is 20.0 Å². The van der Waals surface area contributed by atoms with Gasteiger partial charge < -0.3 is 0 Å². The van der Waals surface area contributed by atoms with Crippen LogP contribution in [-0.2, 0) is 20.0 Å². The molecule has 3 heterocycles. The van der Waals surface area contributed by atoms with E-state index in [-0.39, 0.29) is 26.7 Å². The first-order valence-corrected chi connectivity index (χ1v) is 15.2. The molecule has 1 aromatic carbocycles. The number of sulfonamides is 2. The van der Waals surface area contributed by atoms with Crippen molar-refractivity contribution in [2.45, 2.75) is 41.5 Å². The van der Waals surface area contributed by atoms with E-state index in [1.165, 1.54) is 41.8 Å². The van der Waals surface area contributed by atoms with Gasteiger partial charge in [0, 0.05) is 23.5 Å². The SMILES string of the molecule is O=S(=O)(Nc1nccs1)c1ccc(NS(=O)(=O)c2cn(C3CCCC3)nc2-c2cccs2)cc1. The average molecular weight is 536 g/mol. The molecule has 178 valence electrons. The van der Waals surface area contributed by atoms with Crippen LogP contribution in [0.15, 0.2) is 69.3 Å². The molecule has 1 aliphatic carbocycles. The molecule has 0 unspecified atom stereocenters. The molecule has 1 saturated carbocycles. The van der Waals surface area contributed by atoms with Gasteiger partial charge in [0.25, 0.3) is 20.0 Å². The number of anilines is 2. The maximum Gasteiger partial charge on any atom is 0.265 e. The Kier molecular flexibility index (Phi) is 6.18. The second kappa shape index (κ2) is 9.13. The zero-order valence-corrected chi connectivity index (χ0v) is 21.1. The molecule has 3 aromatic heterocycles. The summed E-state index contributed by atoms with van der Waals surface area (Å²) >= 11 is 2.59. The molecule has 34 heavy (non-hydrogen) atoms. The molecule has 5 rings (SSSR count). The summed E-state index contributed by atoms with van der Waals surface area (Å²) in [6.45, 7) is 0. The second-order valence-electron chi connectivity index (χ2n) is 7.81. The first kappa shape index (κ1) is 23.0. The van der Waals surface area contributed by atoms with Crippen molar-refractivity contribution in [2.75, 3.05) is 9.44 Å². The zero-order chi connectivity index (χ0) is 23.8. The van der Waals surface area contributed by atoms with Gasteiger partial charge in [0.05, 0.1) is 15.8 Å². The van der Waals surface area contributed by atoms with Crippen LogP contribution in [0.4, 0.5) is 10.8 Å². The Balaban J connectivity index is 1.41. The number of benzene rings is 1. The fourth-order valence-electron chi connectivity index (χ4n) is 3.87. The zero-order valence-electron chi connectivity index (χ0n) is 17.8. The van der Waals surface area contributed by atoms with E-state index >= 15 is 0 Å². The molecule has 13 heteroatoms. The van der Waals surface area contributed by atoms with Crippen molar-refractivity contribution in [3.05, 3.63) is 59.6 Å². The van der Waals surface area contributed by atoms with Gasteiger partial charge in [-0.15, -0.1) is 22.7 Å². The monoisotopic (exact) mass is 535 g/mol. The highest BCUT2D eigenvalue weighted by Gasteiger charge is 2.28. The fourth-order valence-corrected chi connectivity index (χ4v) is 7.66. The molecule has 0 amide bonds. The van der Waals surface area contributed by atoms with Gasteiger partial charge in [-0.05, 0) is 48.6 Å². The van der Waals surface area contributed by atoms with Crippen molar-refractivity contribution in [1.29, 1.82) is 0 Å². The number of hydrogen-bond donors (Lipinski definition) is 2. The number of thiophene rings is 1. The van der Waals surface area contributed by atoms with Crippen molar-refractivity contribution < 1.29 is 16.8 Å². The number of nitrogens with zero attached hydrogens (tertiary/aromatic N) is 3. The summed E-state index contributed by atoms with van der Waals surface area (Å²) in [6.07, 6.45) is 7.26. The third-order valence-electron chi connectivity index (χ3n) is 5.51. The van der Waals surface area contributed by atoms with Gasteiger partial charge >= 0.3 is 0 Å². The summed E-state index contributed by atoms with van der Waals surface area (Å²) in [5, 5.41) is 8.44. The minimum Gasteiger partial charge on any atom is -0.280 e. The first-order valence-electron chi connectivity index (χ1n) is 10.5. The fraction of sp³-hybridized carbons (Fsp3) is 0.238. The summed E-state index contributed by atoms with van der Waals surface area (Å²) in [7, 11) is -7.80. The van der Waals surface area contributed by atoms with Crippen LogP contribution in [0.3, 0.4) is 0 Å². The minimum absolute atomic E-state index is 0.000949. The Hall–Kier alpha value is -2.74. The number of rotatable bonds is 8. The lowest BCUT2D eigenvalue weighted by atomic mass is 10.3. The van der Waals surface area contributed by atoms with Crippen LogP contribution < -0.4 is 9.44 Å². The summed E-state index contributed by atoms with van der Waals surface area (Å²) in [6, 6.07) is 9.42. The Morgan fingerprint density at radius 3 is 2.32 bits per heavy atom. The Morgan fingerprint density at radius 1 is 0.912 bits per heavy atom. The summed E-state index contributed by atoms with van der Waals surface area (Å²) in [5.74, 6) is 0. The molecule has 0 saturated heterocycles. The van der Waals surface area contributed by atoms with E-state index in [0.717, 1.165) is 41.9 Å². The van der Waals surface area contributed by atoms with E-state index in [1.807, 2.05) is 17.5 Å². The number of thiazole rings is 1. The van der Waals surface area contributed by atoms with Crippen molar-refractivity contribution in [2.24, 2.45) is 0 Å². The van der Waals surface area contributed by atoms with Crippen LogP contribution in [0.1, 0.15) is 31.7 Å². The molecular weight excluding hydrogens is 515 g/mol. The van der Waals surface area contributed by atoms with Crippen molar-refractivity contribution in [3.63, 3.8) is 0 Å². The molecule has 4 aromatic rings.